The summed E-state index contributed by atoms with van der Waals surface area (Å²) in [4.78, 5) is 28.7. The van der Waals surface area contributed by atoms with Crippen LogP contribution in [0.5, 0.6) is 0 Å². The quantitative estimate of drug-likeness (QED) is 0.449. The fourth-order valence-corrected chi connectivity index (χ4v) is 3.81. The molecule has 2 N–H and O–H groups in total. The van der Waals surface area contributed by atoms with E-state index in [1.54, 1.807) is 18.2 Å². The van der Waals surface area contributed by atoms with Crippen LogP contribution < -0.4 is 10.0 Å². The SMILES string of the molecule is CC[C@H](C)[C@H](N=C1NS(=O)(=O)c2ccccc21)C(=O)OCC(=O)NCCOC. The zero-order chi connectivity index (χ0) is 20.7. The van der Waals surface area contributed by atoms with Crippen LogP contribution in [0.1, 0.15) is 25.8 Å². The lowest BCUT2D eigenvalue weighted by atomic mass is 9.99. The predicted octanol–water partition coefficient (Wildman–Crippen LogP) is 0.446. The number of sulfonamides is 1. The molecule has 0 radical (unpaired) electrons. The van der Waals surface area contributed by atoms with E-state index in [4.69, 9.17) is 9.47 Å². The Morgan fingerprint density at radius 3 is 2.68 bits per heavy atom. The Morgan fingerprint density at radius 2 is 2.00 bits per heavy atom. The molecule has 1 aliphatic rings. The van der Waals surface area contributed by atoms with Crippen molar-refractivity contribution in [3.8, 4) is 0 Å². The lowest BCUT2D eigenvalue weighted by molar-refractivity contribution is -0.150. The van der Waals surface area contributed by atoms with Gasteiger partial charge in [-0.05, 0) is 18.1 Å². The summed E-state index contributed by atoms with van der Waals surface area (Å²) in [5, 5.41) is 2.55. The number of rotatable bonds is 9. The summed E-state index contributed by atoms with van der Waals surface area (Å²) >= 11 is 0. The highest BCUT2D eigenvalue weighted by atomic mass is 32.2. The van der Waals surface area contributed by atoms with E-state index in [1.807, 2.05) is 13.8 Å². The van der Waals surface area contributed by atoms with E-state index >= 15 is 0 Å². The molecule has 0 fully saturated rings. The Bertz CT molecular complexity index is 853. The number of fused-ring (bicyclic) bond motifs is 1. The first kappa shape index (κ1) is 21.8. The van der Waals surface area contributed by atoms with E-state index in [0.717, 1.165) is 0 Å². The number of hydrogen-bond acceptors (Lipinski definition) is 7. The van der Waals surface area contributed by atoms with Crippen molar-refractivity contribution in [1.29, 1.82) is 0 Å². The zero-order valence-corrected chi connectivity index (χ0v) is 16.9. The topological polar surface area (TPSA) is 123 Å². The Labute approximate surface area is 164 Å². The highest BCUT2D eigenvalue weighted by Gasteiger charge is 2.33. The van der Waals surface area contributed by atoms with Crippen LogP contribution in [0.4, 0.5) is 0 Å². The van der Waals surface area contributed by atoms with E-state index in [9.17, 15) is 18.0 Å². The zero-order valence-electron chi connectivity index (χ0n) is 16.1. The maximum atomic E-state index is 12.5. The molecule has 1 amide bonds. The minimum absolute atomic E-state index is 0.0994. The Hall–Kier alpha value is -2.46. The average Bonchev–Trinajstić information content (AvgIpc) is 2.94. The molecule has 9 nitrogen and oxygen atoms in total. The third-order valence-electron chi connectivity index (χ3n) is 4.33. The van der Waals surface area contributed by atoms with Crippen molar-refractivity contribution < 1.29 is 27.5 Å². The Balaban J connectivity index is 2.15. The maximum absolute atomic E-state index is 12.5. The van der Waals surface area contributed by atoms with Crippen molar-refractivity contribution in [3.05, 3.63) is 29.8 Å². The summed E-state index contributed by atoms with van der Waals surface area (Å²) in [6.45, 7) is 3.91. The number of benzene rings is 1. The monoisotopic (exact) mass is 411 g/mol. The van der Waals surface area contributed by atoms with Gasteiger partial charge in [0.2, 0.25) is 0 Å². The lowest BCUT2D eigenvalue weighted by Gasteiger charge is -2.18. The van der Waals surface area contributed by atoms with Crippen LogP contribution >= 0.6 is 0 Å². The summed E-state index contributed by atoms with van der Waals surface area (Å²) < 4.78 is 36.7. The van der Waals surface area contributed by atoms with Gasteiger partial charge in [0.05, 0.1) is 11.5 Å². The highest BCUT2D eigenvalue weighted by molar-refractivity contribution is 7.90. The highest BCUT2D eigenvalue weighted by Crippen LogP contribution is 2.24. The molecule has 154 valence electrons. The third kappa shape index (κ3) is 5.29. The second-order valence-electron chi connectivity index (χ2n) is 6.36. The van der Waals surface area contributed by atoms with Crippen LogP contribution in [-0.2, 0) is 29.1 Å². The molecule has 2 atom stereocenters. The number of hydrogen-bond donors (Lipinski definition) is 2. The Morgan fingerprint density at radius 1 is 1.29 bits per heavy atom. The summed E-state index contributed by atoms with van der Waals surface area (Å²) in [6, 6.07) is 5.46. The second-order valence-corrected chi connectivity index (χ2v) is 8.01. The van der Waals surface area contributed by atoms with E-state index in [1.165, 1.54) is 13.2 Å². The molecular weight excluding hydrogens is 386 g/mol. The average molecular weight is 411 g/mol. The van der Waals surface area contributed by atoms with Gasteiger partial charge in [0.1, 0.15) is 5.84 Å². The molecule has 10 heteroatoms. The minimum Gasteiger partial charge on any atom is -0.454 e. The molecule has 0 aliphatic carbocycles. The van der Waals surface area contributed by atoms with Crippen molar-refractivity contribution in [2.45, 2.75) is 31.2 Å². The van der Waals surface area contributed by atoms with Gasteiger partial charge < -0.3 is 14.8 Å². The first-order valence-corrected chi connectivity index (χ1v) is 10.4. The van der Waals surface area contributed by atoms with Crippen LogP contribution in [0, 0.1) is 5.92 Å². The molecular formula is C18H25N3O6S. The number of carbonyl (C=O) groups excluding carboxylic acids is 2. The number of nitrogens with zero attached hydrogens (tertiary/aromatic N) is 1. The van der Waals surface area contributed by atoms with Crippen LogP contribution in [0.25, 0.3) is 0 Å². The summed E-state index contributed by atoms with van der Waals surface area (Å²) in [5.41, 5.74) is 0.404. The van der Waals surface area contributed by atoms with Gasteiger partial charge in [0, 0.05) is 19.2 Å². The van der Waals surface area contributed by atoms with E-state index in [-0.39, 0.29) is 16.6 Å². The first-order chi connectivity index (χ1) is 13.3. The largest absolute Gasteiger partial charge is 0.454 e. The Kier molecular flexibility index (Phi) is 7.53. The van der Waals surface area contributed by atoms with Gasteiger partial charge >= 0.3 is 5.97 Å². The number of aliphatic imine (C=N–C) groups is 1. The molecule has 1 aromatic carbocycles. The van der Waals surface area contributed by atoms with Gasteiger partial charge in [0.15, 0.2) is 12.6 Å². The number of methoxy groups -OCH3 is 1. The second kappa shape index (κ2) is 9.65. The van der Waals surface area contributed by atoms with Gasteiger partial charge in [-0.25, -0.2) is 13.2 Å². The molecule has 28 heavy (non-hydrogen) atoms. The van der Waals surface area contributed by atoms with Crippen molar-refractivity contribution in [2.75, 3.05) is 26.9 Å². The standard InChI is InChI=1S/C18H25N3O6S/c1-4-12(2)16(18(23)27-11-15(22)19-9-10-26-3)20-17-13-7-5-6-8-14(13)28(24,25)21-17/h5-8,12,16H,4,9-11H2,1-3H3,(H,19,22)(H,20,21)/t12-,16-/m0/s1. The van der Waals surface area contributed by atoms with Crippen molar-refractivity contribution >= 4 is 27.7 Å². The molecule has 1 aliphatic heterocycles. The molecule has 0 saturated heterocycles. The molecule has 0 saturated carbocycles. The fraction of sp³-hybridized carbons (Fsp3) is 0.500. The normalized spacial score (nSPS) is 18.0. The molecule has 2 rings (SSSR count). The van der Waals surface area contributed by atoms with E-state index in [0.29, 0.717) is 25.1 Å². The molecule has 1 aromatic rings. The van der Waals surface area contributed by atoms with Crippen LogP contribution in [0.15, 0.2) is 34.2 Å². The first-order valence-electron chi connectivity index (χ1n) is 8.92. The lowest BCUT2D eigenvalue weighted by Crippen LogP contribution is -2.36. The maximum Gasteiger partial charge on any atom is 0.331 e. The van der Waals surface area contributed by atoms with E-state index in [2.05, 4.69) is 15.0 Å². The van der Waals surface area contributed by atoms with E-state index < -0.39 is 34.5 Å². The van der Waals surface area contributed by atoms with Crippen LogP contribution in [-0.4, -0.2) is 59.0 Å². The van der Waals surface area contributed by atoms with Gasteiger partial charge in [-0.3, -0.25) is 14.5 Å². The molecule has 1 heterocycles. The van der Waals surface area contributed by atoms with Crippen molar-refractivity contribution in [1.82, 2.24) is 10.0 Å². The van der Waals surface area contributed by atoms with Crippen molar-refractivity contribution in [3.63, 3.8) is 0 Å². The van der Waals surface area contributed by atoms with Crippen molar-refractivity contribution in [2.24, 2.45) is 10.9 Å². The van der Waals surface area contributed by atoms with Gasteiger partial charge in [-0.2, -0.15) is 0 Å². The number of ether oxygens (including phenoxy) is 2. The van der Waals surface area contributed by atoms with Gasteiger partial charge in [-0.1, -0.05) is 32.4 Å². The number of esters is 1. The molecule has 0 bridgehead atoms. The predicted molar refractivity (Wildman–Crippen MR) is 102 cm³/mol. The molecule has 0 unspecified atom stereocenters. The minimum atomic E-state index is -3.71. The number of carbonyl (C=O) groups is 2. The third-order valence-corrected chi connectivity index (χ3v) is 5.73. The summed E-state index contributed by atoms with van der Waals surface area (Å²) in [6.07, 6.45) is 0.616. The van der Waals surface area contributed by atoms with Gasteiger partial charge in [0.25, 0.3) is 15.9 Å². The van der Waals surface area contributed by atoms with Crippen LogP contribution in [0.2, 0.25) is 0 Å². The van der Waals surface area contributed by atoms with Crippen LogP contribution in [0.3, 0.4) is 0 Å². The fourth-order valence-electron chi connectivity index (χ4n) is 2.57. The smallest absolute Gasteiger partial charge is 0.331 e. The molecule has 0 aromatic heterocycles. The number of amides is 1. The van der Waals surface area contributed by atoms with Gasteiger partial charge in [-0.15, -0.1) is 0 Å². The summed E-state index contributed by atoms with van der Waals surface area (Å²) in [5.74, 6) is -1.25. The summed E-state index contributed by atoms with van der Waals surface area (Å²) in [7, 11) is -2.19. The molecule has 0 spiro atoms. The number of nitrogens with one attached hydrogen (secondary N) is 2. The number of amidine groups is 1.